The Balaban J connectivity index is 1.69. The maximum absolute atomic E-state index is 13.7. The predicted octanol–water partition coefficient (Wildman–Crippen LogP) is 4.67. The van der Waals surface area contributed by atoms with E-state index in [1.165, 1.54) is 0 Å². The molecule has 0 spiro atoms. The van der Waals surface area contributed by atoms with Gasteiger partial charge in [-0.3, -0.25) is 9.78 Å². The second-order valence-electron chi connectivity index (χ2n) is 7.26. The van der Waals surface area contributed by atoms with Gasteiger partial charge >= 0.3 is 0 Å². The van der Waals surface area contributed by atoms with Crippen molar-refractivity contribution in [2.24, 2.45) is 7.05 Å². The number of para-hydroxylation sites is 3. The average Bonchev–Trinajstić information content (AvgIpc) is 3.15. The van der Waals surface area contributed by atoms with Gasteiger partial charge in [0, 0.05) is 36.0 Å². The van der Waals surface area contributed by atoms with Crippen LogP contribution in [0.4, 0.5) is 0 Å². The summed E-state index contributed by atoms with van der Waals surface area (Å²) in [6.07, 6.45) is 3.40. The second-order valence-corrected chi connectivity index (χ2v) is 7.26. The number of Topliss-reactive ketones (excluding diaryl/α,β-unsaturated/α-hetero) is 1. The number of hydrogen-bond acceptors (Lipinski definition) is 5. The molecule has 0 aliphatic heterocycles. The number of fused-ring (bicyclic) bond motifs is 2. The molecule has 31 heavy (non-hydrogen) atoms. The molecule has 0 amide bonds. The molecule has 6 heteroatoms. The van der Waals surface area contributed by atoms with Gasteiger partial charge in [0.05, 0.1) is 28.3 Å². The van der Waals surface area contributed by atoms with Crippen molar-refractivity contribution in [3.63, 3.8) is 0 Å². The van der Waals surface area contributed by atoms with Crippen molar-refractivity contribution >= 4 is 27.7 Å². The first-order valence-corrected chi connectivity index (χ1v) is 9.83. The molecule has 148 valence electrons. The molecule has 0 aliphatic carbocycles. The van der Waals surface area contributed by atoms with E-state index in [1.807, 2.05) is 72.3 Å². The zero-order chi connectivity index (χ0) is 21.4. The molecule has 0 saturated heterocycles. The SMILES string of the molecule is Cn1c([C@@H](C#N)C(=O)c2cc(-c3cccnc3)nc3ccccc23)nc2ccccc21. The monoisotopic (exact) mass is 403 g/mol. The van der Waals surface area contributed by atoms with Crippen molar-refractivity contribution in [2.75, 3.05) is 0 Å². The van der Waals surface area contributed by atoms with Crippen LogP contribution in [0.25, 0.3) is 33.2 Å². The lowest BCUT2D eigenvalue weighted by Gasteiger charge is -2.12. The number of imidazole rings is 1. The van der Waals surface area contributed by atoms with Crippen LogP contribution in [0.15, 0.2) is 79.1 Å². The lowest BCUT2D eigenvalue weighted by Crippen LogP contribution is -2.16. The molecule has 2 aromatic carbocycles. The third kappa shape index (κ3) is 3.13. The number of rotatable bonds is 4. The summed E-state index contributed by atoms with van der Waals surface area (Å²) in [6.45, 7) is 0. The first kappa shape index (κ1) is 18.6. The number of nitriles is 1. The molecule has 0 bridgehead atoms. The van der Waals surface area contributed by atoms with Crippen molar-refractivity contribution in [3.8, 4) is 17.3 Å². The Hall–Kier alpha value is -4.37. The lowest BCUT2D eigenvalue weighted by atomic mass is 9.94. The van der Waals surface area contributed by atoms with Crippen molar-refractivity contribution < 1.29 is 4.79 Å². The molecular weight excluding hydrogens is 386 g/mol. The van der Waals surface area contributed by atoms with E-state index >= 15 is 0 Å². The van der Waals surface area contributed by atoms with Gasteiger partial charge in [-0.1, -0.05) is 30.3 Å². The quantitative estimate of drug-likeness (QED) is 0.407. The Labute approximate surface area is 178 Å². The molecule has 0 unspecified atom stereocenters. The van der Waals surface area contributed by atoms with E-state index < -0.39 is 5.92 Å². The second kappa shape index (κ2) is 7.47. The number of hydrogen-bond donors (Lipinski definition) is 0. The Bertz CT molecular complexity index is 1480. The van der Waals surface area contributed by atoms with E-state index in [1.54, 1.807) is 18.5 Å². The summed E-state index contributed by atoms with van der Waals surface area (Å²) in [4.78, 5) is 27.1. The largest absolute Gasteiger partial charge is 0.330 e. The van der Waals surface area contributed by atoms with Crippen LogP contribution in [0.5, 0.6) is 0 Å². The first-order chi connectivity index (χ1) is 15.2. The highest BCUT2D eigenvalue weighted by Gasteiger charge is 2.28. The fourth-order valence-electron chi connectivity index (χ4n) is 3.85. The third-order valence-electron chi connectivity index (χ3n) is 5.41. The highest BCUT2D eigenvalue weighted by atomic mass is 16.1. The minimum Gasteiger partial charge on any atom is -0.330 e. The fraction of sp³-hybridized carbons (Fsp3) is 0.0800. The summed E-state index contributed by atoms with van der Waals surface area (Å²) in [5.41, 5.74) is 4.21. The maximum Gasteiger partial charge on any atom is 0.188 e. The highest BCUT2D eigenvalue weighted by Crippen LogP contribution is 2.30. The van der Waals surface area contributed by atoms with Crippen LogP contribution in [-0.4, -0.2) is 25.3 Å². The lowest BCUT2D eigenvalue weighted by molar-refractivity contribution is 0.0977. The number of aromatic nitrogens is 4. The molecule has 0 saturated carbocycles. The number of carbonyl (C=O) groups is 1. The van der Waals surface area contributed by atoms with Gasteiger partial charge in [-0.2, -0.15) is 5.26 Å². The minimum atomic E-state index is -1.04. The summed E-state index contributed by atoms with van der Waals surface area (Å²) in [5.74, 6) is -0.910. The van der Waals surface area contributed by atoms with Gasteiger partial charge in [-0.25, -0.2) is 9.97 Å². The topological polar surface area (TPSA) is 84.5 Å². The molecule has 6 nitrogen and oxygen atoms in total. The fourth-order valence-corrected chi connectivity index (χ4v) is 3.85. The predicted molar refractivity (Wildman–Crippen MR) is 118 cm³/mol. The summed E-state index contributed by atoms with van der Waals surface area (Å²) in [6, 6.07) is 22.7. The molecule has 3 aromatic heterocycles. The van der Waals surface area contributed by atoms with Crippen molar-refractivity contribution in [2.45, 2.75) is 5.92 Å². The van der Waals surface area contributed by atoms with Crippen LogP contribution >= 0.6 is 0 Å². The zero-order valence-corrected chi connectivity index (χ0v) is 16.7. The molecule has 0 fully saturated rings. The Kier molecular flexibility index (Phi) is 4.49. The van der Waals surface area contributed by atoms with Gasteiger partial charge in [0.1, 0.15) is 5.82 Å². The molecule has 5 aromatic rings. The van der Waals surface area contributed by atoms with Crippen LogP contribution in [0, 0.1) is 11.3 Å². The third-order valence-corrected chi connectivity index (χ3v) is 5.41. The zero-order valence-electron chi connectivity index (χ0n) is 16.7. The number of pyridine rings is 2. The van der Waals surface area contributed by atoms with Crippen LogP contribution < -0.4 is 0 Å². The van der Waals surface area contributed by atoms with Crippen LogP contribution in [0.2, 0.25) is 0 Å². The number of nitrogens with zero attached hydrogens (tertiary/aromatic N) is 5. The Morgan fingerprint density at radius 1 is 1.00 bits per heavy atom. The van der Waals surface area contributed by atoms with Crippen LogP contribution in [0.3, 0.4) is 0 Å². The van der Waals surface area contributed by atoms with Crippen molar-refractivity contribution in [3.05, 3.63) is 90.5 Å². The van der Waals surface area contributed by atoms with E-state index in [0.717, 1.165) is 16.6 Å². The van der Waals surface area contributed by atoms with Gasteiger partial charge in [0.2, 0.25) is 0 Å². The van der Waals surface area contributed by atoms with E-state index in [0.29, 0.717) is 28.0 Å². The average molecular weight is 403 g/mol. The van der Waals surface area contributed by atoms with E-state index in [2.05, 4.69) is 16.0 Å². The maximum atomic E-state index is 13.7. The van der Waals surface area contributed by atoms with E-state index in [4.69, 9.17) is 4.98 Å². The number of carbonyl (C=O) groups excluding carboxylic acids is 1. The summed E-state index contributed by atoms with van der Waals surface area (Å²) < 4.78 is 1.81. The molecule has 5 rings (SSSR count). The Morgan fingerprint density at radius 3 is 2.52 bits per heavy atom. The summed E-state index contributed by atoms with van der Waals surface area (Å²) in [7, 11) is 1.83. The van der Waals surface area contributed by atoms with Gasteiger partial charge < -0.3 is 4.57 Å². The van der Waals surface area contributed by atoms with Crippen LogP contribution in [-0.2, 0) is 7.05 Å². The molecule has 3 heterocycles. The Morgan fingerprint density at radius 2 is 1.77 bits per heavy atom. The molecule has 0 aliphatic rings. The molecule has 0 N–H and O–H groups in total. The normalized spacial score (nSPS) is 12.0. The smallest absolute Gasteiger partial charge is 0.188 e. The molecular formula is C25H17N5O. The number of ketones is 1. The number of aryl methyl sites for hydroxylation is 1. The van der Waals surface area contributed by atoms with Crippen molar-refractivity contribution in [1.82, 2.24) is 19.5 Å². The summed E-state index contributed by atoms with van der Waals surface area (Å²) >= 11 is 0. The van der Waals surface area contributed by atoms with E-state index in [9.17, 15) is 10.1 Å². The van der Waals surface area contributed by atoms with Gasteiger partial charge in [-0.05, 0) is 36.4 Å². The van der Waals surface area contributed by atoms with Crippen molar-refractivity contribution in [1.29, 1.82) is 5.26 Å². The first-order valence-electron chi connectivity index (χ1n) is 9.83. The number of benzene rings is 2. The standard InChI is InChI=1S/C25H17N5O/c1-30-23-11-5-4-10-21(23)29-25(30)19(14-26)24(31)18-13-22(16-7-6-12-27-15-16)28-20-9-3-2-8-17(18)20/h2-13,15,19H,1H3/t19-/m0/s1. The molecule has 0 radical (unpaired) electrons. The highest BCUT2D eigenvalue weighted by molar-refractivity contribution is 6.12. The van der Waals surface area contributed by atoms with Gasteiger partial charge in [0.15, 0.2) is 11.7 Å². The molecule has 1 atom stereocenters. The van der Waals surface area contributed by atoms with Gasteiger partial charge in [-0.15, -0.1) is 0 Å². The van der Waals surface area contributed by atoms with E-state index in [-0.39, 0.29) is 5.78 Å². The minimum absolute atomic E-state index is 0.301. The summed E-state index contributed by atoms with van der Waals surface area (Å²) in [5, 5.41) is 10.7. The van der Waals surface area contributed by atoms with Crippen LogP contribution in [0.1, 0.15) is 22.1 Å². The van der Waals surface area contributed by atoms with Gasteiger partial charge in [0.25, 0.3) is 0 Å².